The molecule has 0 saturated carbocycles. The van der Waals surface area contributed by atoms with Crippen molar-refractivity contribution in [3.63, 3.8) is 0 Å². The number of hydrogen-bond donors (Lipinski definition) is 1. The van der Waals surface area contributed by atoms with Gasteiger partial charge in [-0.15, -0.1) is 0 Å². The van der Waals surface area contributed by atoms with E-state index in [1.165, 1.54) is 0 Å². The average molecular weight is 536 g/mol. The molecule has 0 spiro atoms. The Balaban J connectivity index is 4.36. The van der Waals surface area contributed by atoms with Crippen LogP contribution in [0.15, 0.2) is 0 Å². The van der Waals surface area contributed by atoms with E-state index in [4.69, 9.17) is 8.60 Å². The second kappa shape index (κ2) is 14.6. The minimum atomic E-state index is -3.46. The molecular weight excluding hydrogens is 512 g/mol. The van der Waals surface area contributed by atoms with Gasteiger partial charge in [0, 0.05) is 0 Å². The Labute approximate surface area is 151 Å². The van der Waals surface area contributed by atoms with Gasteiger partial charge < -0.3 is 0 Å². The van der Waals surface area contributed by atoms with Gasteiger partial charge in [-0.2, -0.15) is 0 Å². The minimum absolute atomic E-state index is 0.0303. The van der Waals surface area contributed by atoms with E-state index in [2.05, 4.69) is 0 Å². The summed E-state index contributed by atoms with van der Waals surface area (Å²) >= 11 is -3.46. The van der Waals surface area contributed by atoms with Crippen molar-refractivity contribution in [2.45, 2.75) is 64.2 Å². The number of carboxylic acid groups (broad SMARTS) is 1. The Morgan fingerprint density at radius 3 is 1.68 bits per heavy atom. The molecule has 0 radical (unpaired) electrons. The summed E-state index contributed by atoms with van der Waals surface area (Å²) in [4.78, 5) is 66.9. The first-order valence-electron chi connectivity index (χ1n) is 7.92. The van der Waals surface area contributed by atoms with Gasteiger partial charge in [0.2, 0.25) is 0 Å². The summed E-state index contributed by atoms with van der Waals surface area (Å²) < 4.78 is 4.14. The molecule has 0 aromatic heterocycles. The van der Waals surface area contributed by atoms with Crippen molar-refractivity contribution in [1.82, 2.24) is 0 Å². The normalized spacial score (nSPS) is 10.6. The van der Waals surface area contributed by atoms with Gasteiger partial charge in [0.25, 0.3) is 0 Å². The molecule has 0 aliphatic rings. The molecule has 0 aromatic carbocycles. The van der Waals surface area contributed by atoms with Crippen molar-refractivity contribution >= 4 is 33.1 Å². The first-order chi connectivity index (χ1) is 11.9. The Morgan fingerprint density at radius 1 is 0.760 bits per heavy atom. The third-order valence-corrected chi connectivity index (χ3v) is 7.56. The maximum absolute atomic E-state index is 12.0. The molecule has 0 aliphatic carbocycles. The fraction of sp³-hybridized carbons (Fsp3) is 0.625. The van der Waals surface area contributed by atoms with Gasteiger partial charge in [-0.25, -0.2) is 0 Å². The van der Waals surface area contributed by atoms with Crippen LogP contribution in [0, 0.1) is 0 Å². The Bertz CT molecular complexity index is 465. The number of unbranched alkanes of at least 4 members (excludes halogenated alkanes) is 3. The van der Waals surface area contributed by atoms with Crippen LogP contribution in [-0.2, 0) is 49.1 Å². The standard InChI is InChI=1S/C8H14O4.2C4H5O2.Ir/c9-7(10)5-3-1-2-4-6-8(11)12;2*5-3-1-2-4-6;/h1-6H2,(H,9,10)(H,11,12);2*3H,1-2H2;/q;;;+1/p-1. The number of aliphatic carboxylic acids is 1. The van der Waals surface area contributed by atoms with E-state index >= 15 is 0 Å². The van der Waals surface area contributed by atoms with Gasteiger partial charge in [0.1, 0.15) is 0 Å². The molecule has 9 heteroatoms. The quantitative estimate of drug-likeness (QED) is 0.232. The second-order valence-electron chi connectivity index (χ2n) is 5.04. The van der Waals surface area contributed by atoms with Crippen LogP contribution in [0.2, 0.25) is 0 Å². The van der Waals surface area contributed by atoms with Gasteiger partial charge in [0.15, 0.2) is 0 Å². The summed E-state index contributed by atoms with van der Waals surface area (Å²) in [6, 6.07) is 0. The molecule has 25 heavy (non-hydrogen) atoms. The molecule has 0 aromatic rings. The van der Waals surface area contributed by atoms with Crippen molar-refractivity contribution in [2.75, 3.05) is 0 Å². The zero-order chi connectivity index (χ0) is 19.1. The molecule has 0 saturated heterocycles. The Kier molecular flexibility index (Phi) is 13.6. The number of carbonyl (C=O) groups excluding carboxylic acids is 5. The predicted molar refractivity (Wildman–Crippen MR) is 82.0 cm³/mol. The van der Waals surface area contributed by atoms with Crippen LogP contribution in [0.3, 0.4) is 0 Å². The fourth-order valence-corrected chi connectivity index (χ4v) is 5.53. The monoisotopic (exact) mass is 536 g/mol. The van der Waals surface area contributed by atoms with Crippen LogP contribution in [0.5, 0.6) is 0 Å². The van der Waals surface area contributed by atoms with E-state index in [9.17, 15) is 28.8 Å². The first-order valence-corrected chi connectivity index (χ1v) is 11.3. The van der Waals surface area contributed by atoms with Crippen LogP contribution in [0.1, 0.15) is 64.2 Å². The van der Waals surface area contributed by atoms with Gasteiger partial charge >= 0.3 is 152 Å². The predicted octanol–water partition coefficient (Wildman–Crippen LogP) is 1.50. The summed E-state index contributed by atoms with van der Waals surface area (Å²) in [5, 5.41) is 8.51. The summed E-state index contributed by atoms with van der Waals surface area (Å²) in [6.07, 6.45) is 3.24. The zero-order valence-corrected chi connectivity index (χ0v) is 16.3. The van der Waals surface area contributed by atoms with E-state index in [1.54, 1.807) is 0 Å². The van der Waals surface area contributed by atoms with Crippen molar-refractivity contribution in [3.8, 4) is 0 Å². The molecule has 0 amide bonds. The maximum atomic E-state index is 12.0. The molecular formula is C16H23IrO8. The fourth-order valence-electron chi connectivity index (χ4n) is 1.67. The van der Waals surface area contributed by atoms with Gasteiger partial charge in [-0.05, 0) is 0 Å². The molecule has 0 unspecified atom stereocenters. The number of aldehydes is 2. The summed E-state index contributed by atoms with van der Waals surface area (Å²) in [6.45, 7) is 0. The van der Waals surface area contributed by atoms with Crippen LogP contribution >= 0.6 is 0 Å². The summed E-state index contributed by atoms with van der Waals surface area (Å²) in [5.74, 6) is -1.50. The van der Waals surface area contributed by atoms with Crippen molar-refractivity contribution in [3.05, 3.63) is 0 Å². The molecule has 0 atom stereocenters. The van der Waals surface area contributed by atoms with E-state index in [0.29, 0.717) is 38.3 Å². The zero-order valence-electron chi connectivity index (χ0n) is 13.9. The van der Waals surface area contributed by atoms with Crippen molar-refractivity contribution in [2.24, 2.45) is 0 Å². The summed E-state index contributed by atoms with van der Waals surface area (Å²) in [7, 11) is 0. The molecule has 0 fully saturated rings. The van der Waals surface area contributed by atoms with Crippen LogP contribution < -0.4 is 0 Å². The molecule has 144 valence electrons. The first kappa shape index (κ1) is 23.3. The number of rotatable bonds is 16. The number of carboxylic acids is 1. The summed E-state index contributed by atoms with van der Waals surface area (Å²) in [5.41, 5.74) is 0. The topological polar surface area (TPSA) is 132 Å². The second-order valence-corrected chi connectivity index (χ2v) is 9.78. The van der Waals surface area contributed by atoms with Crippen LogP contribution in [0.4, 0.5) is 0 Å². The van der Waals surface area contributed by atoms with Crippen LogP contribution in [0.25, 0.3) is 0 Å². The molecule has 0 heterocycles. The molecule has 0 aliphatic heterocycles. The van der Waals surface area contributed by atoms with Gasteiger partial charge in [0.05, 0.1) is 0 Å². The van der Waals surface area contributed by atoms with E-state index in [0.717, 1.165) is 0 Å². The third kappa shape index (κ3) is 12.3. The average Bonchev–Trinajstić information content (AvgIpc) is 2.58. The molecule has 0 rings (SSSR count). The van der Waals surface area contributed by atoms with Crippen molar-refractivity contribution < 1.29 is 54.2 Å². The van der Waals surface area contributed by atoms with E-state index < -0.39 is 37.4 Å². The number of hydrogen-bond acceptors (Lipinski definition) is 7. The van der Waals surface area contributed by atoms with Gasteiger partial charge in [-0.3, -0.25) is 0 Å². The Morgan fingerprint density at radius 2 is 1.24 bits per heavy atom. The molecule has 8 nitrogen and oxygen atoms in total. The van der Waals surface area contributed by atoms with Crippen LogP contribution in [-0.4, -0.2) is 38.2 Å². The third-order valence-electron chi connectivity index (χ3n) is 2.90. The van der Waals surface area contributed by atoms with E-state index in [-0.39, 0.29) is 38.5 Å². The number of carbonyl (C=O) groups is 6. The Hall–Kier alpha value is -1.73. The van der Waals surface area contributed by atoms with Crippen molar-refractivity contribution in [1.29, 1.82) is 0 Å². The van der Waals surface area contributed by atoms with E-state index in [1.807, 2.05) is 0 Å². The molecule has 0 bridgehead atoms. The van der Waals surface area contributed by atoms with Gasteiger partial charge in [-0.1, -0.05) is 0 Å². The molecule has 1 N–H and O–H groups in total. The SMILES string of the molecule is O=CCC[C](=O)[Ir]([O]C(=O)CCCCCCC(=O)O)[C](=O)CCC=O.